The molecule has 150 valence electrons. The van der Waals surface area contributed by atoms with E-state index in [1.54, 1.807) is 11.3 Å². The van der Waals surface area contributed by atoms with Gasteiger partial charge in [0.15, 0.2) is 0 Å². The van der Waals surface area contributed by atoms with E-state index in [9.17, 15) is 4.79 Å². The lowest BCUT2D eigenvalue weighted by molar-refractivity contribution is 0.0958. The van der Waals surface area contributed by atoms with Gasteiger partial charge in [0.05, 0.1) is 0 Å². The van der Waals surface area contributed by atoms with Crippen LogP contribution < -0.4 is 4.90 Å². The first-order valence-corrected chi connectivity index (χ1v) is 11.2. The Hall–Kier alpha value is -2.43. The van der Waals surface area contributed by atoms with Crippen LogP contribution in [0.4, 0.5) is 5.69 Å². The summed E-state index contributed by atoms with van der Waals surface area (Å²) in [6.45, 7) is 7.18. The third kappa shape index (κ3) is 4.77. The minimum Gasteiger partial charge on any atom is -0.305 e. The van der Waals surface area contributed by atoms with E-state index >= 15 is 0 Å². The Morgan fingerprint density at radius 3 is 2.45 bits per heavy atom. The molecule has 2 heterocycles. The van der Waals surface area contributed by atoms with Crippen LogP contribution in [-0.2, 0) is 6.54 Å². The standard InChI is InChI=1S/C25H28N2OS/c1-19-6-8-22(9-7-19)25(28)27(24-5-3-4-20(2)16-24)23-10-13-26(14-11-23)17-21-12-15-29-18-21/h3-9,12,15-16,18,23H,10-11,13-14,17H2,1-2H3. The fourth-order valence-corrected chi connectivity index (χ4v) is 4.74. The first-order chi connectivity index (χ1) is 14.1. The molecule has 0 aliphatic carbocycles. The minimum atomic E-state index is 0.104. The number of hydrogen-bond donors (Lipinski definition) is 0. The maximum atomic E-state index is 13.5. The van der Waals surface area contributed by atoms with Crippen molar-refractivity contribution in [2.24, 2.45) is 0 Å². The van der Waals surface area contributed by atoms with Crippen LogP contribution in [0.5, 0.6) is 0 Å². The van der Waals surface area contributed by atoms with Crippen LogP contribution in [0.2, 0.25) is 0 Å². The number of rotatable bonds is 5. The van der Waals surface area contributed by atoms with Gasteiger partial charge in [-0.15, -0.1) is 0 Å². The second-order valence-corrected chi connectivity index (χ2v) is 8.80. The third-order valence-corrected chi connectivity index (χ3v) is 6.44. The predicted molar refractivity (Wildman–Crippen MR) is 122 cm³/mol. The van der Waals surface area contributed by atoms with Gasteiger partial charge < -0.3 is 4.90 Å². The van der Waals surface area contributed by atoms with Crippen molar-refractivity contribution in [3.05, 3.63) is 87.6 Å². The average Bonchev–Trinajstić information content (AvgIpc) is 3.23. The molecule has 29 heavy (non-hydrogen) atoms. The Bertz CT molecular complexity index is 941. The number of thiophene rings is 1. The highest BCUT2D eigenvalue weighted by Gasteiger charge is 2.30. The second kappa shape index (κ2) is 8.93. The van der Waals surface area contributed by atoms with Crippen molar-refractivity contribution in [3.63, 3.8) is 0 Å². The first kappa shape index (κ1) is 19.9. The van der Waals surface area contributed by atoms with Crippen LogP contribution in [0.3, 0.4) is 0 Å². The number of nitrogens with zero attached hydrogens (tertiary/aromatic N) is 2. The largest absolute Gasteiger partial charge is 0.305 e. The number of anilines is 1. The van der Waals surface area contributed by atoms with Crippen molar-refractivity contribution < 1.29 is 4.79 Å². The van der Waals surface area contributed by atoms with Gasteiger partial charge in [-0.3, -0.25) is 9.69 Å². The summed E-state index contributed by atoms with van der Waals surface area (Å²) in [5.74, 6) is 0.104. The van der Waals surface area contributed by atoms with Gasteiger partial charge in [0.2, 0.25) is 0 Å². The van der Waals surface area contributed by atoms with E-state index in [1.807, 2.05) is 35.2 Å². The van der Waals surface area contributed by atoms with Crippen molar-refractivity contribution >= 4 is 22.9 Å². The summed E-state index contributed by atoms with van der Waals surface area (Å²) in [6.07, 6.45) is 1.99. The van der Waals surface area contributed by atoms with E-state index in [4.69, 9.17) is 0 Å². The van der Waals surface area contributed by atoms with Gasteiger partial charge >= 0.3 is 0 Å². The number of benzene rings is 2. The molecule has 0 radical (unpaired) electrons. The quantitative estimate of drug-likeness (QED) is 0.546. The number of piperidine rings is 1. The van der Waals surface area contributed by atoms with E-state index < -0.39 is 0 Å². The molecular weight excluding hydrogens is 376 g/mol. The SMILES string of the molecule is Cc1ccc(C(=O)N(c2cccc(C)c2)C2CCN(Cc3ccsc3)CC2)cc1. The fourth-order valence-electron chi connectivity index (χ4n) is 4.08. The normalized spacial score (nSPS) is 15.4. The van der Waals surface area contributed by atoms with Gasteiger partial charge in [0.25, 0.3) is 5.91 Å². The zero-order chi connectivity index (χ0) is 20.2. The summed E-state index contributed by atoms with van der Waals surface area (Å²) in [7, 11) is 0. The van der Waals surface area contributed by atoms with Gasteiger partial charge in [0.1, 0.15) is 0 Å². The van der Waals surface area contributed by atoms with Crippen molar-refractivity contribution in [3.8, 4) is 0 Å². The molecule has 1 aliphatic rings. The summed E-state index contributed by atoms with van der Waals surface area (Å²) >= 11 is 1.76. The van der Waals surface area contributed by atoms with E-state index in [0.717, 1.165) is 43.7 Å². The number of carbonyl (C=O) groups is 1. The fraction of sp³-hybridized carbons (Fsp3) is 0.320. The number of hydrogen-bond acceptors (Lipinski definition) is 3. The van der Waals surface area contributed by atoms with Crippen molar-refractivity contribution in [1.82, 2.24) is 4.90 Å². The molecule has 0 bridgehead atoms. The lowest BCUT2D eigenvalue weighted by atomic mass is 9.99. The van der Waals surface area contributed by atoms with Crippen LogP contribution >= 0.6 is 11.3 Å². The lowest BCUT2D eigenvalue weighted by Crippen LogP contribution is -2.47. The number of aryl methyl sites for hydroxylation is 2. The van der Waals surface area contributed by atoms with Crippen LogP contribution in [0.1, 0.15) is 39.9 Å². The average molecular weight is 405 g/mol. The maximum Gasteiger partial charge on any atom is 0.258 e. The van der Waals surface area contributed by atoms with Crippen LogP contribution in [0, 0.1) is 13.8 Å². The molecule has 1 fully saturated rings. The molecule has 0 saturated carbocycles. The molecule has 0 spiro atoms. The summed E-state index contributed by atoms with van der Waals surface area (Å²) in [5, 5.41) is 4.37. The highest BCUT2D eigenvalue weighted by atomic mass is 32.1. The highest BCUT2D eigenvalue weighted by Crippen LogP contribution is 2.27. The van der Waals surface area contributed by atoms with Gasteiger partial charge in [-0.25, -0.2) is 0 Å². The molecule has 1 aromatic heterocycles. The third-order valence-electron chi connectivity index (χ3n) is 5.71. The minimum absolute atomic E-state index is 0.104. The van der Waals surface area contributed by atoms with Crippen molar-refractivity contribution in [2.45, 2.75) is 39.3 Å². The Morgan fingerprint density at radius 2 is 1.79 bits per heavy atom. The maximum absolute atomic E-state index is 13.5. The lowest BCUT2D eigenvalue weighted by Gasteiger charge is -2.38. The van der Waals surface area contributed by atoms with Crippen molar-refractivity contribution in [2.75, 3.05) is 18.0 Å². The van der Waals surface area contributed by atoms with E-state index in [-0.39, 0.29) is 11.9 Å². The summed E-state index contributed by atoms with van der Waals surface area (Å²) in [5.41, 5.74) is 5.51. The van der Waals surface area contributed by atoms with Crippen molar-refractivity contribution in [1.29, 1.82) is 0 Å². The van der Waals surface area contributed by atoms with E-state index in [0.29, 0.717) is 0 Å². The van der Waals surface area contributed by atoms with Gasteiger partial charge in [0, 0.05) is 36.9 Å². The van der Waals surface area contributed by atoms with Gasteiger partial charge in [-0.1, -0.05) is 29.8 Å². The second-order valence-electron chi connectivity index (χ2n) is 8.02. The molecule has 1 amide bonds. The number of likely N-dealkylation sites (tertiary alicyclic amines) is 1. The molecule has 0 unspecified atom stereocenters. The predicted octanol–water partition coefficient (Wildman–Crippen LogP) is 5.68. The summed E-state index contributed by atoms with van der Waals surface area (Å²) in [4.78, 5) is 18.1. The van der Waals surface area contributed by atoms with Crippen LogP contribution in [0.25, 0.3) is 0 Å². The molecule has 4 rings (SSSR count). The Labute approximate surface area is 177 Å². The molecule has 3 aromatic rings. The molecule has 4 heteroatoms. The zero-order valence-corrected chi connectivity index (χ0v) is 18.0. The molecule has 2 aromatic carbocycles. The Balaban J connectivity index is 1.54. The van der Waals surface area contributed by atoms with Crippen LogP contribution in [-0.4, -0.2) is 29.9 Å². The molecular formula is C25H28N2OS. The Kier molecular flexibility index (Phi) is 6.12. The molecule has 0 N–H and O–H groups in total. The number of carbonyl (C=O) groups excluding carboxylic acids is 1. The number of amides is 1. The smallest absolute Gasteiger partial charge is 0.258 e. The van der Waals surface area contributed by atoms with Crippen LogP contribution in [0.15, 0.2) is 65.4 Å². The molecule has 1 saturated heterocycles. The topological polar surface area (TPSA) is 23.6 Å². The summed E-state index contributed by atoms with van der Waals surface area (Å²) in [6, 6.07) is 18.7. The molecule has 3 nitrogen and oxygen atoms in total. The highest BCUT2D eigenvalue weighted by molar-refractivity contribution is 7.07. The zero-order valence-electron chi connectivity index (χ0n) is 17.2. The molecule has 1 aliphatic heterocycles. The Morgan fingerprint density at radius 1 is 1.03 bits per heavy atom. The van der Waals surface area contributed by atoms with Gasteiger partial charge in [-0.05, 0) is 78.9 Å². The molecule has 0 atom stereocenters. The van der Waals surface area contributed by atoms with E-state index in [2.05, 4.69) is 53.8 Å². The summed E-state index contributed by atoms with van der Waals surface area (Å²) < 4.78 is 0. The monoisotopic (exact) mass is 404 g/mol. The van der Waals surface area contributed by atoms with Gasteiger partial charge in [-0.2, -0.15) is 11.3 Å². The van der Waals surface area contributed by atoms with E-state index in [1.165, 1.54) is 16.7 Å². The first-order valence-electron chi connectivity index (χ1n) is 10.3.